The Hall–Kier alpha value is -1.97. The van der Waals surface area contributed by atoms with E-state index in [4.69, 9.17) is 45.0 Å². The van der Waals surface area contributed by atoms with Crippen LogP contribution in [0.4, 0.5) is 0 Å². The summed E-state index contributed by atoms with van der Waals surface area (Å²) in [5.41, 5.74) is 0. The fraction of sp³-hybridized carbons (Fsp3) is 0.583. The minimum atomic E-state index is -0.833. The molecule has 0 fully saturated rings. The van der Waals surface area contributed by atoms with Gasteiger partial charge >= 0.3 is 0 Å². The first kappa shape index (κ1) is 24.1. The van der Waals surface area contributed by atoms with Crippen LogP contribution in [0.2, 0.25) is 0 Å². The maximum Gasteiger partial charge on any atom is 0.300 e. The molecule has 0 radical (unpaired) electrons. The molecule has 9 nitrogen and oxygen atoms in total. The van der Waals surface area contributed by atoms with Crippen molar-refractivity contribution in [3.63, 3.8) is 0 Å². The first-order chi connectivity index (χ1) is 9.39. The van der Waals surface area contributed by atoms with E-state index in [-0.39, 0.29) is 6.42 Å². The van der Waals surface area contributed by atoms with E-state index in [9.17, 15) is 0 Å². The lowest BCUT2D eigenvalue weighted by molar-refractivity contribution is -0.135. The molecule has 0 aromatic rings. The highest BCUT2D eigenvalue weighted by Crippen LogP contribution is 2.11. The van der Waals surface area contributed by atoms with Gasteiger partial charge in [0, 0.05) is 27.2 Å². The lowest BCUT2D eigenvalue weighted by atomic mass is 10.00. The van der Waals surface area contributed by atoms with Crippen LogP contribution in [0.3, 0.4) is 0 Å². The van der Waals surface area contributed by atoms with Crippen molar-refractivity contribution < 1.29 is 45.0 Å². The Kier molecular flexibility index (Phi) is 16.6. The van der Waals surface area contributed by atoms with Gasteiger partial charge in [0.1, 0.15) is 0 Å². The largest absolute Gasteiger partial charge is 0.481 e. The van der Waals surface area contributed by atoms with Crippen LogP contribution < -0.4 is 0 Å². The summed E-state index contributed by atoms with van der Waals surface area (Å²) in [6.45, 7) is 3.25. The minimum absolute atomic E-state index is 0.234. The molecule has 0 spiro atoms. The van der Waals surface area contributed by atoms with Crippen molar-refractivity contribution >= 4 is 17.9 Å². The van der Waals surface area contributed by atoms with Gasteiger partial charge in [-0.2, -0.15) is 0 Å². The maximum atomic E-state index is 9.00. The molecule has 21 heavy (non-hydrogen) atoms. The van der Waals surface area contributed by atoms with Crippen LogP contribution in [0, 0.1) is 0 Å². The molecule has 3 atom stereocenters. The molecule has 0 aromatic carbocycles. The molecule has 1 aliphatic rings. The van der Waals surface area contributed by atoms with E-state index in [1.807, 2.05) is 0 Å². The molecule has 0 aromatic heterocycles. The normalized spacial score (nSPS) is 22.1. The third kappa shape index (κ3) is 38.1. The van der Waals surface area contributed by atoms with E-state index in [0.717, 1.165) is 20.8 Å². The van der Waals surface area contributed by atoms with Crippen LogP contribution in [0.1, 0.15) is 27.2 Å². The van der Waals surface area contributed by atoms with Crippen molar-refractivity contribution in [2.24, 2.45) is 0 Å². The van der Waals surface area contributed by atoms with E-state index in [2.05, 4.69) is 0 Å². The van der Waals surface area contributed by atoms with E-state index in [1.165, 1.54) is 12.2 Å². The highest BCUT2D eigenvalue weighted by molar-refractivity contribution is 5.63. The Balaban J connectivity index is -0.000000230. The molecule has 0 unspecified atom stereocenters. The second kappa shape index (κ2) is 14.4. The Labute approximate surface area is 121 Å². The fourth-order valence-corrected chi connectivity index (χ4v) is 0.836. The second-order valence-electron chi connectivity index (χ2n) is 3.80. The summed E-state index contributed by atoms with van der Waals surface area (Å²) in [6.07, 6.45) is 0.926. The fourth-order valence-electron chi connectivity index (χ4n) is 0.836. The summed E-state index contributed by atoms with van der Waals surface area (Å²) in [4.78, 5) is 27.0. The zero-order chi connectivity index (χ0) is 17.6. The molecule has 1 aliphatic carbocycles. The summed E-state index contributed by atoms with van der Waals surface area (Å²) in [7, 11) is 0. The molecular weight excluding hydrogens is 288 g/mol. The number of carboxylic acids is 3. The standard InChI is InChI=1S/C6H10O3.3C2H4O2/c7-4-1-2-5(8)6(9)3-4;3*1-2(3)4/h1-2,4-9H,3H2;3*1H3,(H,3,4)/t4-,5+,6+;;;/m0.../s1. The van der Waals surface area contributed by atoms with E-state index in [1.54, 1.807) is 0 Å². The summed E-state index contributed by atoms with van der Waals surface area (Å²) in [5, 5.41) is 48.8. The van der Waals surface area contributed by atoms with Crippen LogP contribution >= 0.6 is 0 Å². The van der Waals surface area contributed by atoms with Crippen molar-refractivity contribution in [2.75, 3.05) is 0 Å². The highest BCUT2D eigenvalue weighted by Gasteiger charge is 2.20. The number of aliphatic carboxylic acids is 3. The van der Waals surface area contributed by atoms with Gasteiger partial charge in [-0.1, -0.05) is 12.2 Å². The van der Waals surface area contributed by atoms with E-state index < -0.39 is 36.2 Å². The molecule has 0 heterocycles. The third-order valence-corrected chi connectivity index (χ3v) is 1.41. The molecule has 0 bridgehead atoms. The summed E-state index contributed by atoms with van der Waals surface area (Å²) in [6, 6.07) is 0. The third-order valence-electron chi connectivity index (χ3n) is 1.41. The van der Waals surface area contributed by atoms with Crippen molar-refractivity contribution in [1.29, 1.82) is 0 Å². The van der Waals surface area contributed by atoms with Crippen molar-refractivity contribution in [1.82, 2.24) is 0 Å². The average Bonchev–Trinajstić information content (AvgIpc) is 2.21. The van der Waals surface area contributed by atoms with Gasteiger partial charge in [-0.3, -0.25) is 14.4 Å². The van der Waals surface area contributed by atoms with Gasteiger partial charge < -0.3 is 30.6 Å². The lowest BCUT2D eigenvalue weighted by Crippen LogP contribution is -2.31. The minimum Gasteiger partial charge on any atom is -0.481 e. The first-order valence-corrected chi connectivity index (χ1v) is 5.71. The number of carbonyl (C=O) groups is 3. The van der Waals surface area contributed by atoms with E-state index >= 15 is 0 Å². The Morgan fingerprint density at radius 2 is 1.10 bits per heavy atom. The SMILES string of the molecule is CC(=O)O.CC(=O)O.CC(=O)O.O[C@@H]1C=C[C@H](O)C[C@H]1O. The van der Waals surface area contributed by atoms with Crippen LogP contribution in [0.25, 0.3) is 0 Å². The molecule has 124 valence electrons. The molecule has 0 aliphatic heterocycles. The number of hydrogen-bond donors (Lipinski definition) is 6. The molecule has 0 saturated carbocycles. The Morgan fingerprint density at radius 3 is 1.29 bits per heavy atom. The van der Waals surface area contributed by atoms with Gasteiger partial charge in [0.2, 0.25) is 0 Å². The molecule has 6 N–H and O–H groups in total. The van der Waals surface area contributed by atoms with Crippen LogP contribution in [-0.2, 0) is 14.4 Å². The van der Waals surface area contributed by atoms with Gasteiger partial charge in [-0.15, -0.1) is 0 Å². The maximum absolute atomic E-state index is 9.00. The van der Waals surface area contributed by atoms with Gasteiger partial charge in [0.15, 0.2) is 0 Å². The van der Waals surface area contributed by atoms with Gasteiger partial charge in [-0.25, -0.2) is 0 Å². The summed E-state index contributed by atoms with van der Waals surface area (Å²) < 4.78 is 0. The molecule has 1 rings (SSSR count). The van der Waals surface area contributed by atoms with Gasteiger partial charge in [0.05, 0.1) is 18.3 Å². The topological polar surface area (TPSA) is 173 Å². The van der Waals surface area contributed by atoms with Gasteiger partial charge in [-0.05, 0) is 0 Å². The number of rotatable bonds is 0. The number of aliphatic hydroxyl groups is 3. The number of aliphatic hydroxyl groups excluding tert-OH is 3. The Morgan fingerprint density at radius 1 is 0.810 bits per heavy atom. The monoisotopic (exact) mass is 310 g/mol. The van der Waals surface area contributed by atoms with E-state index in [0.29, 0.717) is 0 Å². The van der Waals surface area contributed by atoms with Crippen LogP contribution in [-0.4, -0.2) is 66.9 Å². The summed E-state index contributed by atoms with van der Waals surface area (Å²) in [5.74, 6) is -2.50. The number of hydrogen-bond acceptors (Lipinski definition) is 6. The average molecular weight is 310 g/mol. The molecule has 9 heteroatoms. The van der Waals surface area contributed by atoms with Crippen molar-refractivity contribution in [3.05, 3.63) is 12.2 Å². The quantitative estimate of drug-likeness (QED) is 0.316. The molecular formula is C12H22O9. The lowest BCUT2D eigenvalue weighted by Gasteiger charge is -2.20. The summed E-state index contributed by atoms with van der Waals surface area (Å²) >= 11 is 0. The molecule has 0 amide bonds. The zero-order valence-electron chi connectivity index (χ0n) is 12.0. The highest BCUT2D eigenvalue weighted by atomic mass is 16.4. The first-order valence-electron chi connectivity index (χ1n) is 5.71. The van der Waals surface area contributed by atoms with Crippen LogP contribution in [0.5, 0.6) is 0 Å². The second-order valence-corrected chi connectivity index (χ2v) is 3.80. The van der Waals surface area contributed by atoms with Crippen LogP contribution in [0.15, 0.2) is 12.2 Å². The number of carboxylic acid groups (broad SMARTS) is 3. The predicted octanol–water partition coefficient (Wildman–Crippen LogP) is -0.698. The Bertz CT molecular complexity index is 297. The zero-order valence-corrected chi connectivity index (χ0v) is 12.0. The van der Waals surface area contributed by atoms with Crippen molar-refractivity contribution in [2.45, 2.75) is 45.5 Å². The predicted molar refractivity (Wildman–Crippen MR) is 71.7 cm³/mol. The molecule has 0 saturated heterocycles. The van der Waals surface area contributed by atoms with Gasteiger partial charge in [0.25, 0.3) is 17.9 Å². The van der Waals surface area contributed by atoms with Crippen molar-refractivity contribution in [3.8, 4) is 0 Å². The smallest absolute Gasteiger partial charge is 0.300 e.